The molecule has 0 saturated carbocycles. The smallest absolute Gasteiger partial charge is 0.149 e. The highest BCUT2D eigenvalue weighted by molar-refractivity contribution is 6.31. The average molecular weight is 223 g/mol. The second-order valence-electron chi connectivity index (χ2n) is 3.11. The zero-order chi connectivity index (χ0) is 10.8. The van der Waals surface area contributed by atoms with Crippen LogP contribution in [-0.2, 0) is 0 Å². The van der Waals surface area contributed by atoms with Gasteiger partial charge < -0.3 is 5.73 Å². The molecule has 0 radical (unpaired) electrons. The van der Waals surface area contributed by atoms with Crippen molar-refractivity contribution in [2.75, 3.05) is 5.73 Å². The molecule has 0 atom stereocenters. The van der Waals surface area contributed by atoms with Crippen molar-refractivity contribution in [3.05, 3.63) is 47.5 Å². The highest BCUT2D eigenvalue weighted by atomic mass is 35.5. The molecule has 1 heterocycles. The van der Waals surface area contributed by atoms with E-state index in [1.807, 2.05) is 0 Å². The van der Waals surface area contributed by atoms with E-state index < -0.39 is 5.82 Å². The lowest BCUT2D eigenvalue weighted by Crippen LogP contribution is -1.91. The van der Waals surface area contributed by atoms with Crippen molar-refractivity contribution >= 4 is 17.3 Å². The van der Waals surface area contributed by atoms with Crippen LogP contribution in [0.5, 0.6) is 0 Å². The van der Waals surface area contributed by atoms with E-state index in [1.54, 1.807) is 24.5 Å². The van der Waals surface area contributed by atoms with Crippen molar-refractivity contribution in [3.8, 4) is 11.1 Å². The lowest BCUT2D eigenvalue weighted by Gasteiger charge is -2.05. The number of anilines is 1. The summed E-state index contributed by atoms with van der Waals surface area (Å²) in [5.74, 6) is -0.473. The molecule has 2 rings (SSSR count). The molecule has 0 fully saturated rings. The molecular weight excluding hydrogens is 215 g/mol. The Balaban J connectivity index is 2.63. The Labute approximate surface area is 91.5 Å². The van der Waals surface area contributed by atoms with Crippen LogP contribution >= 0.6 is 11.6 Å². The Morgan fingerprint density at radius 2 is 2.13 bits per heavy atom. The second-order valence-corrected chi connectivity index (χ2v) is 3.51. The minimum Gasteiger partial charge on any atom is -0.399 e. The lowest BCUT2D eigenvalue weighted by molar-refractivity contribution is 0.632. The van der Waals surface area contributed by atoms with Gasteiger partial charge in [0.05, 0.1) is 5.02 Å². The summed E-state index contributed by atoms with van der Waals surface area (Å²) in [5, 5.41) is 0.0221. The van der Waals surface area contributed by atoms with Crippen LogP contribution in [0.25, 0.3) is 11.1 Å². The first-order chi connectivity index (χ1) is 7.18. The summed E-state index contributed by atoms with van der Waals surface area (Å²) in [6, 6.07) is 6.40. The molecule has 1 aromatic heterocycles. The fourth-order valence-corrected chi connectivity index (χ4v) is 1.57. The summed E-state index contributed by atoms with van der Waals surface area (Å²) in [5.41, 5.74) is 7.05. The quantitative estimate of drug-likeness (QED) is 0.753. The third-order valence-corrected chi connectivity index (χ3v) is 2.30. The van der Waals surface area contributed by atoms with Crippen LogP contribution in [-0.4, -0.2) is 4.98 Å². The highest BCUT2D eigenvalue weighted by Gasteiger charge is 2.09. The van der Waals surface area contributed by atoms with Gasteiger partial charge in [0.25, 0.3) is 0 Å². The molecule has 0 aliphatic rings. The first kappa shape index (κ1) is 9.93. The van der Waals surface area contributed by atoms with Crippen LogP contribution in [0.4, 0.5) is 10.1 Å². The zero-order valence-corrected chi connectivity index (χ0v) is 8.50. The number of benzene rings is 1. The monoisotopic (exact) mass is 222 g/mol. The fraction of sp³-hybridized carbons (Fsp3) is 0. The number of pyridine rings is 1. The Morgan fingerprint density at radius 3 is 2.80 bits per heavy atom. The van der Waals surface area contributed by atoms with Crippen LogP contribution in [0.15, 0.2) is 36.7 Å². The van der Waals surface area contributed by atoms with Gasteiger partial charge in [-0.05, 0) is 18.2 Å². The molecule has 0 amide bonds. The van der Waals surface area contributed by atoms with E-state index in [1.165, 1.54) is 12.1 Å². The number of hydrogen-bond donors (Lipinski definition) is 1. The van der Waals surface area contributed by atoms with Crippen molar-refractivity contribution < 1.29 is 4.39 Å². The Kier molecular flexibility index (Phi) is 2.56. The van der Waals surface area contributed by atoms with Gasteiger partial charge in [-0.1, -0.05) is 17.7 Å². The van der Waals surface area contributed by atoms with E-state index in [0.29, 0.717) is 16.8 Å². The second kappa shape index (κ2) is 3.87. The van der Waals surface area contributed by atoms with E-state index in [-0.39, 0.29) is 5.02 Å². The van der Waals surface area contributed by atoms with Crippen LogP contribution in [0, 0.1) is 5.82 Å². The maximum atomic E-state index is 13.7. The predicted molar refractivity (Wildman–Crippen MR) is 59.1 cm³/mol. The van der Waals surface area contributed by atoms with Crippen molar-refractivity contribution in [2.24, 2.45) is 0 Å². The van der Waals surface area contributed by atoms with Crippen LogP contribution in [0.3, 0.4) is 0 Å². The van der Waals surface area contributed by atoms with E-state index >= 15 is 0 Å². The van der Waals surface area contributed by atoms with E-state index in [2.05, 4.69) is 4.98 Å². The molecule has 2 nitrogen and oxygen atoms in total. The molecule has 0 bridgehead atoms. The number of aromatic nitrogens is 1. The van der Waals surface area contributed by atoms with Gasteiger partial charge in [-0.2, -0.15) is 0 Å². The Bertz CT molecular complexity index is 485. The molecule has 2 aromatic rings. The summed E-state index contributed by atoms with van der Waals surface area (Å²) >= 11 is 5.69. The van der Waals surface area contributed by atoms with Gasteiger partial charge in [-0.25, -0.2) is 4.39 Å². The van der Waals surface area contributed by atoms with Crippen LogP contribution < -0.4 is 5.73 Å². The summed E-state index contributed by atoms with van der Waals surface area (Å²) in [6.07, 6.45) is 3.18. The maximum absolute atomic E-state index is 13.7. The van der Waals surface area contributed by atoms with Crippen molar-refractivity contribution in [1.82, 2.24) is 4.98 Å². The fourth-order valence-electron chi connectivity index (χ4n) is 1.34. The summed E-state index contributed by atoms with van der Waals surface area (Å²) < 4.78 is 13.7. The molecule has 0 saturated heterocycles. The number of nitrogens with zero attached hydrogens (tertiary/aromatic N) is 1. The van der Waals surface area contributed by atoms with Gasteiger partial charge in [0.1, 0.15) is 5.82 Å². The number of hydrogen-bond acceptors (Lipinski definition) is 2. The number of nitrogens with two attached hydrogens (primary N) is 1. The predicted octanol–water partition coefficient (Wildman–Crippen LogP) is 3.12. The molecule has 0 unspecified atom stereocenters. The van der Waals surface area contributed by atoms with Gasteiger partial charge in [0.2, 0.25) is 0 Å². The van der Waals surface area contributed by atoms with Crippen molar-refractivity contribution in [1.29, 1.82) is 0 Å². The SMILES string of the molecule is Nc1cc(Cl)c(F)c(-c2cccnc2)c1. The van der Waals surface area contributed by atoms with Gasteiger partial charge >= 0.3 is 0 Å². The van der Waals surface area contributed by atoms with Crippen molar-refractivity contribution in [2.45, 2.75) is 0 Å². The maximum Gasteiger partial charge on any atom is 0.149 e. The molecule has 0 aliphatic heterocycles. The van der Waals surface area contributed by atoms with Crippen LogP contribution in [0.1, 0.15) is 0 Å². The molecule has 76 valence electrons. The van der Waals surface area contributed by atoms with Crippen molar-refractivity contribution in [3.63, 3.8) is 0 Å². The highest BCUT2D eigenvalue weighted by Crippen LogP contribution is 2.29. The molecule has 2 N–H and O–H groups in total. The Morgan fingerprint density at radius 1 is 1.33 bits per heavy atom. The largest absolute Gasteiger partial charge is 0.399 e. The number of halogens is 2. The topological polar surface area (TPSA) is 38.9 Å². The number of rotatable bonds is 1. The van der Waals surface area contributed by atoms with Gasteiger partial charge in [-0.3, -0.25) is 4.98 Å². The Hall–Kier alpha value is -1.61. The zero-order valence-electron chi connectivity index (χ0n) is 7.74. The minimum absolute atomic E-state index is 0.0221. The third-order valence-electron chi connectivity index (χ3n) is 2.02. The molecule has 0 spiro atoms. The molecule has 15 heavy (non-hydrogen) atoms. The molecule has 4 heteroatoms. The average Bonchev–Trinajstić information content (AvgIpc) is 2.24. The van der Waals surface area contributed by atoms with E-state index in [9.17, 15) is 4.39 Å². The summed E-state index contributed by atoms with van der Waals surface area (Å²) in [7, 11) is 0. The van der Waals surface area contributed by atoms with Gasteiger partial charge in [0, 0.05) is 29.2 Å². The first-order valence-corrected chi connectivity index (χ1v) is 4.71. The standard InChI is InChI=1S/C11H8ClFN2/c12-10-5-8(14)4-9(11(10)13)7-2-1-3-15-6-7/h1-6H,14H2. The lowest BCUT2D eigenvalue weighted by atomic mass is 10.1. The third kappa shape index (κ3) is 1.92. The molecule has 1 aromatic carbocycles. The van der Waals surface area contributed by atoms with E-state index in [4.69, 9.17) is 17.3 Å². The normalized spacial score (nSPS) is 10.3. The molecule has 0 aliphatic carbocycles. The van der Waals surface area contributed by atoms with Gasteiger partial charge in [0.15, 0.2) is 0 Å². The summed E-state index contributed by atoms with van der Waals surface area (Å²) in [6.45, 7) is 0. The number of nitrogen functional groups attached to an aromatic ring is 1. The van der Waals surface area contributed by atoms with Crippen LogP contribution in [0.2, 0.25) is 5.02 Å². The minimum atomic E-state index is -0.473. The molecular formula is C11H8ClFN2. The first-order valence-electron chi connectivity index (χ1n) is 4.33. The summed E-state index contributed by atoms with van der Waals surface area (Å²) in [4.78, 5) is 3.91. The van der Waals surface area contributed by atoms with Gasteiger partial charge in [-0.15, -0.1) is 0 Å². The van der Waals surface area contributed by atoms with E-state index in [0.717, 1.165) is 0 Å².